The van der Waals surface area contributed by atoms with Gasteiger partial charge in [0.05, 0.1) is 23.4 Å². The predicted molar refractivity (Wildman–Crippen MR) is 65.8 cm³/mol. The van der Waals surface area contributed by atoms with E-state index in [1.807, 2.05) is 18.2 Å². The van der Waals surface area contributed by atoms with Gasteiger partial charge in [-0.25, -0.2) is 4.98 Å². The number of hydrogen-bond donors (Lipinski definition) is 1. The third-order valence-corrected chi connectivity index (χ3v) is 4.15. The van der Waals surface area contributed by atoms with Crippen LogP contribution in [0.15, 0.2) is 18.2 Å². The zero-order chi connectivity index (χ0) is 11.1. The van der Waals surface area contributed by atoms with E-state index in [9.17, 15) is 0 Å². The molecule has 1 heterocycles. The van der Waals surface area contributed by atoms with Crippen molar-refractivity contribution in [1.82, 2.24) is 4.98 Å². The van der Waals surface area contributed by atoms with Crippen molar-refractivity contribution in [3.8, 4) is 5.75 Å². The summed E-state index contributed by atoms with van der Waals surface area (Å²) < 4.78 is 6.36. The summed E-state index contributed by atoms with van der Waals surface area (Å²) in [5.41, 5.74) is 7.18. The molecule has 0 spiro atoms. The molecule has 1 unspecified atom stereocenters. The molecule has 1 aliphatic carbocycles. The Hall–Kier alpha value is -1.13. The number of ether oxygens (including phenoxy) is 1. The molecular weight excluding hydrogens is 220 g/mol. The number of nitrogens with zero attached hydrogens (tertiary/aromatic N) is 1. The van der Waals surface area contributed by atoms with E-state index in [-0.39, 0.29) is 6.04 Å². The summed E-state index contributed by atoms with van der Waals surface area (Å²) in [4.78, 5) is 4.59. The Morgan fingerprint density at radius 3 is 3.00 bits per heavy atom. The zero-order valence-electron chi connectivity index (χ0n) is 9.14. The van der Waals surface area contributed by atoms with Crippen LogP contribution in [0.2, 0.25) is 0 Å². The number of rotatable bonds is 3. The fraction of sp³-hybridized carbons (Fsp3) is 0.417. The molecule has 4 heteroatoms. The van der Waals surface area contributed by atoms with Crippen LogP contribution >= 0.6 is 11.3 Å². The van der Waals surface area contributed by atoms with E-state index in [0.717, 1.165) is 21.0 Å². The number of benzene rings is 1. The third kappa shape index (κ3) is 1.68. The maximum atomic E-state index is 6.15. The monoisotopic (exact) mass is 234 g/mol. The number of thiazole rings is 1. The Bertz CT molecular complexity index is 519. The van der Waals surface area contributed by atoms with Crippen molar-refractivity contribution in [3.63, 3.8) is 0 Å². The highest BCUT2D eigenvalue weighted by Crippen LogP contribution is 2.41. The predicted octanol–water partition coefficient (Wildman–Crippen LogP) is 2.71. The number of fused-ring (bicyclic) bond motifs is 1. The van der Waals surface area contributed by atoms with Gasteiger partial charge in [0.1, 0.15) is 10.8 Å². The molecule has 0 radical (unpaired) electrons. The second kappa shape index (κ2) is 3.71. The Kier molecular flexibility index (Phi) is 2.33. The van der Waals surface area contributed by atoms with Gasteiger partial charge in [-0.05, 0) is 37.0 Å². The van der Waals surface area contributed by atoms with Crippen LogP contribution in [-0.4, -0.2) is 12.1 Å². The van der Waals surface area contributed by atoms with Gasteiger partial charge in [0.2, 0.25) is 0 Å². The molecule has 84 valence electrons. The highest BCUT2D eigenvalue weighted by atomic mass is 32.1. The standard InChI is InChI=1S/C12H14N2OS/c1-15-8-4-5-9-10(6-8)16-12(14-9)11(13)7-2-3-7/h4-7,11H,2-3,13H2,1H3. The normalized spacial score (nSPS) is 17.6. The molecule has 16 heavy (non-hydrogen) atoms. The molecule has 0 aliphatic heterocycles. The van der Waals surface area contributed by atoms with Crippen molar-refractivity contribution in [2.75, 3.05) is 7.11 Å². The summed E-state index contributed by atoms with van der Waals surface area (Å²) in [6, 6.07) is 6.08. The number of nitrogens with two attached hydrogens (primary N) is 1. The van der Waals surface area contributed by atoms with Gasteiger partial charge in [0.25, 0.3) is 0 Å². The molecule has 1 saturated carbocycles. The number of methoxy groups -OCH3 is 1. The molecule has 2 aromatic rings. The lowest BCUT2D eigenvalue weighted by atomic mass is 10.2. The van der Waals surface area contributed by atoms with Gasteiger partial charge in [0.15, 0.2) is 0 Å². The van der Waals surface area contributed by atoms with Crippen LogP contribution in [0.1, 0.15) is 23.9 Å². The van der Waals surface area contributed by atoms with Gasteiger partial charge >= 0.3 is 0 Å². The summed E-state index contributed by atoms with van der Waals surface area (Å²) in [7, 11) is 1.68. The van der Waals surface area contributed by atoms with Gasteiger partial charge < -0.3 is 10.5 Å². The molecule has 0 saturated heterocycles. The zero-order valence-corrected chi connectivity index (χ0v) is 9.96. The van der Waals surface area contributed by atoms with Crippen molar-refractivity contribution in [2.24, 2.45) is 11.7 Å². The van der Waals surface area contributed by atoms with E-state index in [1.54, 1.807) is 18.4 Å². The van der Waals surface area contributed by atoms with E-state index >= 15 is 0 Å². The average molecular weight is 234 g/mol. The minimum Gasteiger partial charge on any atom is -0.497 e. The second-order valence-electron chi connectivity index (χ2n) is 4.25. The first kappa shape index (κ1) is 10.1. The van der Waals surface area contributed by atoms with Crippen LogP contribution in [0.4, 0.5) is 0 Å². The Morgan fingerprint density at radius 2 is 2.31 bits per heavy atom. The molecule has 1 fully saturated rings. The van der Waals surface area contributed by atoms with E-state index in [0.29, 0.717) is 5.92 Å². The van der Waals surface area contributed by atoms with E-state index in [2.05, 4.69) is 4.98 Å². The minimum atomic E-state index is 0.128. The number of hydrogen-bond acceptors (Lipinski definition) is 4. The Morgan fingerprint density at radius 1 is 1.50 bits per heavy atom. The lowest BCUT2D eigenvalue weighted by molar-refractivity contribution is 0.415. The molecule has 1 aliphatic rings. The summed E-state index contributed by atoms with van der Waals surface area (Å²) in [5.74, 6) is 1.53. The van der Waals surface area contributed by atoms with Crippen molar-refractivity contribution >= 4 is 21.6 Å². The van der Waals surface area contributed by atoms with Crippen LogP contribution in [0.3, 0.4) is 0 Å². The lowest BCUT2D eigenvalue weighted by Gasteiger charge is -2.03. The highest BCUT2D eigenvalue weighted by molar-refractivity contribution is 7.18. The van der Waals surface area contributed by atoms with Gasteiger partial charge in [-0.2, -0.15) is 0 Å². The fourth-order valence-corrected chi connectivity index (χ4v) is 2.94. The molecule has 2 N–H and O–H groups in total. The first-order valence-electron chi connectivity index (χ1n) is 5.48. The SMILES string of the molecule is COc1ccc2nc(C(N)C3CC3)sc2c1. The van der Waals surface area contributed by atoms with E-state index in [4.69, 9.17) is 10.5 Å². The lowest BCUT2D eigenvalue weighted by Crippen LogP contribution is -2.11. The highest BCUT2D eigenvalue weighted by Gasteiger charge is 2.31. The smallest absolute Gasteiger partial charge is 0.120 e. The average Bonchev–Trinajstić information content (AvgIpc) is 3.06. The minimum absolute atomic E-state index is 0.128. The first-order valence-corrected chi connectivity index (χ1v) is 6.29. The van der Waals surface area contributed by atoms with Crippen LogP contribution in [0.25, 0.3) is 10.2 Å². The quantitative estimate of drug-likeness (QED) is 0.888. The van der Waals surface area contributed by atoms with Crippen LogP contribution in [0, 0.1) is 5.92 Å². The van der Waals surface area contributed by atoms with Crippen LogP contribution in [-0.2, 0) is 0 Å². The molecule has 0 bridgehead atoms. The summed E-state index contributed by atoms with van der Waals surface area (Å²) >= 11 is 1.69. The van der Waals surface area contributed by atoms with Gasteiger partial charge in [-0.3, -0.25) is 0 Å². The largest absolute Gasteiger partial charge is 0.497 e. The van der Waals surface area contributed by atoms with E-state index in [1.165, 1.54) is 12.8 Å². The van der Waals surface area contributed by atoms with Crippen LogP contribution < -0.4 is 10.5 Å². The molecular formula is C12H14N2OS. The number of aromatic nitrogens is 1. The van der Waals surface area contributed by atoms with Gasteiger partial charge in [-0.1, -0.05) is 0 Å². The van der Waals surface area contributed by atoms with Crippen molar-refractivity contribution in [3.05, 3.63) is 23.2 Å². The molecule has 3 rings (SSSR count). The van der Waals surface area contributed by atoms with Crippen molar-refractivity contribution < 1.29 is 4.74 Å². The topological polar surface area (TPSA) is 48.1 Å². The fourth-order valence-electron chi connectivity index (χ4n) is 1.85. The first-order chi connectivity index (χ1) is 7.78. The Balaban J connectivity index is 2.01. The second-order valence-corrected chi connectivity index (χ2v) is 5.31. The van der Waals surface area contributed by atoms with E-state index < -0.39 is 0 Å². The molecule has 0 amide bonds. The molecule has 3 nitrogen and oxygen atoms in total. The molecule has 1 aromatic heterocycles. The summed E-state index contributed by atoms with van der Waals surface area (Å²) in [6.45, 7) is 0. The maximum Gasteiger partial charge on any atom is 0.120 e. The molecule has 1 atom stereocenters. The maximum absolute atomic E-state index is 6.15. The van der Waals surface area contributed by atoms with Gasteiger partial charge in [0, 0.05) is 0 Å². The Labute approximate surface area is 98.2 Å². The van der Waals surface area contributed by atoms with Crippen molar-refractivity contribution in [2.45, 2.75) is 18.9 Å². The summed E-state index contributed by atoms with van der Waals surface area (Å²) in [6.07, 6.45) is 2.50. The van der Waals surface area contributed by atoms with Gasteiger partial charge in [-0.15, -0.1) is 11.3 Å². The summed E-state index contributed by atoms with van der Waals surface area (Å²) in [5, 5.41) is 1.06. The van der Waals surface area contributed by atoms with Crippen LogP contribution in [0.5, 0.6) is 5.75 Å². The molecule has 1 aromatic carbocycles. The van der Waals surface area contributed by atoms with Crippen molar-refractivity contribution in [1.29, 1.82) is 0 Å². The third-order valence-electron chi connectivity index (χ3n) is 3.03.